The van der Waals surface area contributed by atoms with Gasteiger partial charge < -0.3 is 10.4 Å². The average molecular weight is 352 g/mol. The summed E-state index contributed by atoms with van der Waals surface area (Å²) < 4.78 is 0. The third kappa shape index (κ3) is 11.3. The van der Waals surface area contributed by atoms with Crippen molar-refractivity contribution < 1.29 is 9.90 Å². The van der Waals surface area contributed by atoms with Gasteiger partial charge >= 0.3 is 5.97 Å². The van der Waals surface area contributed by atoms with E-state index in [1.165, 1.54) is 82.0 Å². The van der Waals surface area contributed by atoms with Crippen LogP contribution < -0.4 is 5.32 Å². The Morgan fingerprint density at radius 1 is 0.760 bits per heavy atom. The highest BCUT2D eigenvalue weighted by atomic mass is 16.4. The van der Waals surface area contributed by atoms with Gasteiger partial charge in [-0.1, -0.05) is 78.1 Å². The summed E-state index contributed by atoms with van der Waals surface area (Å²) in [5.74, 6) is -0.695. The molecule has 1 aliphatic rings. The second-order valence-electron chi connectivity index (χ2n) is 7.73. The first kappa shape index (κ1) is 22.1. The lowest BCUT2D eigenvalue weighted by Crippen LogP contribution is -2.13. The number of carboxylic acid groups (broad SMARTS) is 1. The lowest BCUT2D eigenvalue weighted by Gasteiger charge is -2.11. The molecule has 2 N–H and O–H groups in total. The molecular weight excluding hydrogens is 310 g/mol. The van der Waals surface area contributed by atoms with E-state index >= 15 is 0 Å². The Morgan fingerprint density at radius 3 is 1.80 bits per heavy atom. The van der Waals surface area contributed by atoms with Gasteiger partial charge in [0.1, 0.15) is 0 Å². The summed E-state index contributed by atoms with van der Waals surface area (Å²) in [7, 11) is 0. The van der Waals surface area contributed by atoms with Crippen LogP contribution in [0, 0.1) is 5.92 Å². The summed E-state index contributed by atoms with van der Waals surface area (Å²) in [5.41, 5.74) is 3.06. The summed E-state index contributed by atoms with van der Waals surface area (Å²) in [6, 6.07) is 0. The summed E-state index contributed by atoms with van der Waals surface area (Å²) in [4.78, 5) is 11.2. The summed E-state index contributed by atoms with van der Waals surface area (Å²) >= 11 is 0. The fraction of sp³-hybridized carbons (Fsp3) is 0.864. The first-order valence-electron chi connectivity index (χ1n) is 10.9. The third-order valence-electron chi connectivity index (χ3n) is 5.37. The maximum Gasteiger partial charge on any atom is 0.306 e. The number of carboxylic acids is 1. The molecule has 0 saturated carbocycles. The molecule has 1 unspecified atom stereocenters. The molecule has 0 aromatic heterocycles. The second kappa shape index (κ2) is 14.2. The second-order valence-corrected chi connectivity index (χ2v) is 7.73. The first-order valence-corrected chi connectivity index (χ1v) is 10.9. The minimum Gasteiger partial charge on any atom is -0.481 e. The SMILES string of the molecule is CCCCC1=C(CCCCCCCCCCC(CCCC)C(=O)O)N1. The number of rotatable bonds is 18. The molecule has 0 saturated heterocycles. The Morgan fingerprint density at radius 2 is 1.24 bits per heavy atom. The predicted octanol–water partition coefficient (Wildman–Crippen LogP) is 6.78. The zero-order chi connectivity index (χ0) is 18.3. The van der Waals surface area contributed by atoms with Crippen molar-refractivity contribution in [2.75, 3.05) is 0 Å². The maximum atomic E-state index is 11.2. The Kier molecular flexibility index (Phi) is 12.5. The quantitative estimate of drug-likeness (QED) is 0.267. The molecule has 0 radical (unpaired) electrons. The van der Waals surface area contributed by atoms with Gasteiger partial charge in [0.2, 0.25) is 0 Å². The molecule has 1 rings (SSSR count). The monoisotopic (exact) mass is 351 g/mol. The number of carbonyl (C=O) groups is 1. The van der Waals surface area contributed by atoms with Crippen molar-refractivity contribution in [3.63, 3.8) is 0 Å². The lowest BCUT2D eigenvalue weighted by atomic mass is 9.95. The van der Waals surface area contributed by atoms with Crippen molar-refractivity contribution in [3.05, 3.63) is 11.4 Å². The van der Waals surface area contributed by atoms with Crippen molar-refractivity contribution in [2.24, 2.45) is 5.92 Å². The van der Waals surface area contributed by atoms with Crippen molar-refractivity contribution in [1.29, 1.82) is 0 Å². The minimum absolute atomic E-state index is 0.104. The smallest absolute Gasteiger partial charge is 0.306 e. The van der Waals surface area contributed by atoms with Crippen LogP contribution >= 0.6 is 0 Å². The van der Waals surface area contributed by atoms with E-state index in [0.717, 1.165) is 32.1 Å². The molecule has 0 aromatic rings. The van der Waals surface area contributed by atoms with Crippen LogP contribution in [0.5, 0.6) is 0 Å². The van der Waals surface area contributed by atoms with E-state index in [9.17, 15) is 9.90 Å². The van der Waals surface area contributed by atoms with Gasteiger partial charge in [0, 0.05) is 11.4 Å². The molecule has 1 aliphatic heterocycles. The standard InChI is InChI=1S/C22H41NO2/c1-3-5-15-19(22(24)25)16-13-11-9-7-8-10-12-14-18-21-20(23-21)17-6-4-2/h19,23H,3-18H2,1-2H3,(H,24,25). The zero-order valence-electron chi connectivity index (χ0n) is 16.7. The molecule has 25 heavy (non-hydrogen) atoms. The number of nitrogens with one attached hydrogen (secondary N) is 1. The van der Waals surface area contributed by atoms with Crippen LogP contribution in [0.4, 0.5) is 0 Å². The van der Waals surface area contributed by atoms with Crippen molar-refractivity contribution in [3.8, 4) is 0 Å². The number of allylic oxidation sites excluding steroid dienone is 2. The number of hydrogen-bond acceptors (Lipinski definition) is 2. The number of hydrogen-bond donors (Lipinski definition) is 2. The van der Waals surface area contributed by atoms with Crippen LogP contribution in [0.3, 0.4) is 0 Å². The zero-order valence-corrected chi connectivity index (χ0v) is 16.7. The lowest BCUT2D eigenvalue weighted by molar-refractivity contribution is -0.142. The first-order chi connectivity index (χ1) is 12.2. The Balaban J connectivity index is 1.86. The van der Waals surface area contributed by atoms with Gasteiger partial charge in [0.15, 0.2) is 0 Å². The molecule has 3 heteroatoms. The normalized spacial score (nSPS) is 14.5. The topological polar surface area (TPSA) is 59.2 Å². The van der Waals surface area contributed by atoms with E-state index in [0.29, 0.717) is 0 Å². The predicted molar refractivity (Wildman–Crippen MR) is 107 cm³/mol. The van der Waals surface area contributed by atoms with E-state index in [1.54, 1.807) is 0 Å². The molecule has 1 atom stereocenters. The van der Waals surface area contributed by atoms with Crippen LogP contribution in [0.25, 0.3) is 0 Å². The van der Waals surface area contributed by atoms with Crippen LogP contribution in [-0.2, 0) is 4.79 Å². The molecule has 1 heterocycles. The largest absolute Gasteiger partial charge is 0.481 e. The summed E-state index contributed by atoms with van der Waals surface area (Å²) in [5, 5.41) is 12.7. The molecular formula is C22H41NO2. The van der Waals surface area contributed by atoms with Gasteiger partial charge in [-0.25, -0.2) is 0 Å². The van der Waals surface area contributed by atoms with Crippen LogP contribution in [0.1, 0.15) is 117 Å². The van der Waals surface area contributed by atoms with Crippen LogP contribution in [-0.4, -0.2) is 11.1 Å². The van der Waals surface area contributed by atoms with E-state index in [2.05, 4.69) is 19.2 Å². The molecule has 0 amide bonds. The fourth-order valence-electron chi connectivity index (χ4n) is 3.53. The molecule has 3 nitrogen and oxygen atoms in total. The molecule has 0 aromatic carbocycles. The Hall–Kier alpha value is -0.990. The third-order valence-corrected chi connectivity index (χ3v) is 5.37. The average Bonchev–Trinajstić information content (AvgIpc) is 3.35. The van der Waals surface area contributed by atoms with Crippen molar-refractivity contribution >= 4 is 5.97 Å². The van der Waals surface area contributed by atoms with E-state index < -0.39 is 5.97 Å². The van der Waals surface area contributed by atoms with Crippen LogP contribution in [0.15, 0.2) is 11.4 Å². The molecule has 0 aliphatic carbocycles. The van der Waals surface area contributed by atoms with Crippen molar-refractivity contribution in [1.82, 2.24) is 5.32 Å². The van der Waals surface area contributed by atoms with Gasteiger partial charge in [-0.15, -0.1) is 0 Å². The summed E-state index contributed by atoms with van der Waals surface area (Å²) in [6.45, 7) is 4.38. The van der Waals surface area contributed by atoms with Crippen LogP contribution in [0.2, 0.25) is 0 Å². The Labute approximate surface area is 155 Å². The summed E-state index contributed by atoms with van der Waals surface area (Å²) in [6.07, 6.45) is 19.2. The molecule has 0 fully saturated rings. The molecule has 0 bridgehead atoms. The van der Waals surface area contributed by atoms with Gasteiger partial charge in [-0.2, -0.15) is 0 Å². The van der Waals surface area contributed by atoms with Gasteiger partial charge in [0.25, 0.3) is 0 Å². The Bertz CT molecular complexity index is 389. The van der Waals surface area contributed by atoms with E-state index in [1.807, 2.05) is 0 Å². The highest BCUT2D eigenvalue weighted by Crippen LogP contribution is 2.26. The van der Waals surface area contributed by atoms with Gasteiger partial charge in [-0.05, 0) is 38.5 Å². The number of aliphatic carboxylic acids is 1. The fourth-order valence-corrected chi connectivity index (χ4v) is 3.53. The van der Waals surface area contributed by atoms with Gasteiger partial charge in [0.05, 0.1) is 5.92 Å². The minimum atomic E-state index is -0.591. The number of unbranched alkanes of at least 4 members (excludes halogenated alkanes) is 9. The molecule has 0 spiro atoms. The highest BCUT2D eigenvalue weighted by molar-refractivity contribution is 5.69. The molecule has 146 valence electrons. The van der Waals surface area contributed by atoms with Gasteiger partial charge in [-0.3, -0.25) is 4.79 Å². The van der Waals surface area contributed by atoms with Crippen molar-refractivity contribution in [2.45, 2.75) is 117 Å². The van der Waals surface area contributed by atoms with E-state index in [-0.39, 0.29) is 5.92 Å². The van der Waals surface area contributed by atoms with E-state index in [4.69, 9.17) is 0 Å². The highest BCUT2D eigenvalue weighted by Gasteiger charge is 2.18. The maximum absolute atomic E-state index is 11.2.